The van der Waals surface area contributed by atoms with Crippen LogP contribution in [0.4, 0.5) is 10.1 Å². The zero-order valence-corrected chi connectivity index (χ0v) is 9.70. The second-order valence-corrected chi connectivity index (χ2v) is 3.78. The van der Waals surface area contributed by atoms with Gasteiger partial charge in [0.15, 0.2) is 0 Å². The van der Waals surface area contributed by atoms with Crippen molar-refractivity contribution in [2.24, 2.45) is 0 Å². The molecule has 0 aliphatic carbocycles. The van der Waals surface area contributed by atoms with Crippen molar-refractivity contribution in [3.05, 3.63) is 29.6 Å². The lowest BCUT2D eigenvalue weighted by Crippen LogP contribution is -2.43. The molecule has 1 fully saturated rings. The first-order chi connectivity index (χ1) is 8.19. The number of benzene rings is 1. The number of hydrogen-bond acceptors (Lipinski definition) is 4. The molecule has 1 aromatic rings. The molecule has 5 heteroatoms. The van der Waals surface area contributed by atoms with Gasteiger partial charge in [-0.25, -0.2) is 4.39 Å². The highest BCUT2D eigenvalue weighted by molar-refractivity contribution is 5.49. The van der Waals surface area contributed by atoms with Gasteiger partial charge in [0, 0.05) is 26.2 Å². The van der Waals surface area contributed by atoms with E-state index in [1.807, 2.05) is 19.1 Å². The van der Waals surface area contributed by atoms with E-state index in [2.05, 4.69) is 10.2 Å². The second kappa shape index (κ2) is 6.78. The molecule has 0 bridgehead atoms. The first-order valence-electron chi connectivity index (χ1n) is 5.40. The summed E-state index contributed by atoms with van der Waals surface area (Å²) in [5.74, 6) is -0.105. The van der Waals surface area contributed by atoms with Crippen molar-refractivity contribution in [1.82, 2.24) is 5.32 Å². The van der Waals surface area contributed by atoms with E-state index in [1.165, 1.54) is 0 Å². The van der Waals surface area contributed by atoms with Crippen LogP contribution in [0.25, 0.3) is 0 Å². The van der Waals surface area contributed by atoms with E-state index < -0.39 is 0 Å². The fourth-order valence-corrected chi connectivity index (χ4v) is 1.77. The highest BCUT2D eigenvalue weighted by Crippen LogP contribution is 2.20. The highest BCUT2D eigenvalue weighted by Gasteiger charge is 2.13. The third-order valence-corrected chi connectivity index (χ3v) is 2.56. The van der Waals surface area contributed by atoms with Crippen LogP contribution in [0.15, 0.2) is 18.2 Å². The Hall–Kier alpha value is -1.71. The molecule has 4 nitrogen and oxygen atoms in total. The number of halogens is 1. The zero-order chi connectivity index (χ0) is 12.7. The van der Waals surface area contributed by atoms with E-state index in [1.54, 1.807) is 6.07 Å². The molecule has 1 aliphatic rings. The van der Waals surface area contributed by atoms with Crippen LogP contribution >= 0.6 is 0 Å². The Morgan fingerprint density at radius 3 is 2.41 bits per heavy atom. The van der Waals surface area contributed by atoms with Gasteiger partial charge in [-0.05, 0) is 24.6 Å². The molecule has 1 heterocycles. The van der Waals surface area contributed by atoms with Crippen molar-refractivity contribution in [3.8, 4) is 0 Å². The molecule has 0 unspecified atom stereocenters. The molecule has 0 spiro atoms. The Labute approximate surface area is 99.4 Å². The molecule has 1 aromatic carbocycles. The normalized spacial score (nSPS) is 14.6. The summed E-state index contributed by atoms with van der Waals surface area (Å²) >= 11 is 0. The van der Waals surface area contributed by atoms with Crippen LogP contribution in [0.5, 0.6) is 0 Å². The van der Waals surface area contributed by atoms with E-state index in [-0.39, 0.29) is 12.0 Å². The summed E-state index contributed by atoms with van der Waals surface area (Å²) in [4.78, 5) is 18.3. The smallest absolute Gasteiger partial charge is 0.367 e. The SMILES string of the molecule is Cc1ccc(N2CCNCC2)c(F)c1.O=C=O. The monoisotopic (exact) mass is 238 g/mol. The third kappa shape index (κ3) is 3.98. The van der Waals surface area contributed by atoms with Crippen LogP contribution in [-0.2, 0) is 9.59 Å². The van der Waals surface area contributed by atoms with Crippen molar-refractivity contribution in [3.63, 3.8) is 0 Å². The number of carbonyl (C=O) groups excluding carboxylic acids is 2. The quantitative estimate of drug-likeness (QED) is 0.791. The predicted octanol–water partition coefficient (Wildman–Crippen LogP) is 0.960. The van der Waals surface area contributed by atoms with E-state index in [0.29, 0.717) is 0 Å². The molecule has 2 rings (SSSR count). The second-order valence-electron chi connectivity index (χ2n) is 3.78. The molecule has 1 saturated heterocycles. The average molecular weight is 238 g/mol. The lowest BCUT2D eigenvalue weighted by atomic mass is 10.2. The lowest BCUT2D eigenvalue weighted by Gasteiger charge is -2.29. The summed E-state index contributed by atoms with van der Waals surface area (Å²) in [6, 6.07) is 5.42. The Morgan fingerprint density at radius 1 is 1.29 bits per heavy atom. The van der Waals surface area contributed by atoms with Crippen molar-refractivity contribution in [2.75, 3.05) is 31.1 Å². The van der Waals surface area contributed by atoms with E-state index in [4.69, 9.17) is 9.59 Å². The summed E-state index contributed by atoms with van der Waals surface area (Å²) in [6.45, 7) is 5.56. The predicted molar refractivity (Wildman–Crippen MR) is 61.2 cm³/mol. The Morgan fingerprint density at radius 2 is 1.88 bits per heavy atom. The van der Waals surface area contributed by atoms with Crippen LogP contribution in [0, 0.1) is 12.7 Å². The number of rotatable bonds is 1. The first-order valence-corrected chi connectivity index (χ1v) is 5.40. The number of hydrogen-bond donors (Lipinski definition) is 1. The minimum atomic E-state index is -0.105. The average Bonchev–Trinajstić information content (AvgIpc) is 2.31. The maximum atomic E-state index is 13.6. The van der Waals surface area contributed by atoms with Crippen LogP contribution < -0.4 is 10.2 Å². The minimum Gasteiger partial charge on any atom is -0.367 e. The van der Waals surface area contributed by atoms with E-state index >= 15 is 0 Å². The summed E-state index contributed by atoms with van der Waals surface area (Å²) in [6.07, 6.45) is 0.250. The lowest BCUT2D eigenvalue weighted by molar-refractivity contribution is -0.191. The van der Waals surface area contributed by atoms with Crippen LogP contribution in [0.3, 0.4) is 0 Å². The summed E-state index contributed by atoms with van der Waals surface area (Å²) in [5.41, 5.74) is 1.71. The summed E-state index contributed by atoms with van der Waals surface area (Å²) in [5, 5.41) is 3.25. The highest BCUT2D eigenvalue weighted by atomic mass is 19.1. The molecular weight excluding hydrogens is 223 g/mol. The number of anilines is 1. The van der Waals surface area contributed by atoms with Crippen molar-refractivity contribution < 1.29 is 14.0 Å². The molecule has 0 atom stereocenters. The summed E-state index contributed by atoms with van der Waals surface area (Å²) < 4.78 is 13.6. The van der Waals surface area contributed by atoms with Crippen LogP contribution in [0.2, 0.25) is 0 Å². The largest absolute Gasteiger partial charge is 0.373 e. The maximum absolute atomic E-state index is 13.6. The standard InChI is InChI=1S/C11H15FN2.CO2/c1-9-2-3-11(10(12)8-9)14-6-4-13-5-7-14;2-1-3/h2-3,8,13H,4-7H2,1H3;. The third-order valence-electron chi connectivity index (χ3n) is 2.56. The van der Waals surface area contributed by atoms with Gasteiger partial charge in [-0.15, -0.1) is 0 Å². The molecule has 1 aliphatic heterocycles. The van der Waals surface area contributed by atoms with E-state index in [0.717, 1.165) is 37.4 Å². The van der Waals surface area contributed by atoms with Gasteiger partial charge in [0.05, 0.1) is 5.69 Å². The van der Waals surface area contributed by atoms with Gasteiger partial charge >= 0.3 is 6.15 Å². The molecule has 0 amide bonds. The molecule has 17 heavy (non-hydrogen) atoms. The van der Waals surface area contributed by atoms with Crippen molar-refractivity contribution in [1.29, 1.82) is 0 Å². The molecule has 0 aromatic heterocycles. The van der Waals surface area contributed by atoms with Crippen LogP contribution in [0.1, 0.15) is 5.56 Å². The first kappa shape index (κ1) is 13.4. The van der Waals surface area contributed by atoms with Gasteiger partial charge < -0.3 is 10.2 Å². The van der Waals surface area contributed by atoms with Gasteiger partial charge in [0.2, 0.25) is 0 Å². The molecular formula is C12H15FN2O2. The number of aryl methyl sites for hydroxylation is 1. The summed E-state index contributed by atoms with van der Waals surface area (Å²) in [7, 11) is 0. The number of nitrogens with one attached hydrogen (secondary N) is 1. The van der Waals surface area contributed by atoms with Gasteiger partial charge in [-0.1, -0.05) is 6.07 Å². The minimum absolute atomic E-state index is 0.105. The fourth-order valence-electron chi connectivity index (χ4n) is 1.77. The maximum Gasteiger partial charge on any atom is 0.373 e. The van der Waals surface area contributed by atoms with E-state index in [9.17, 15) is 4.39 Å². The molecule has 0 radical (unpaired) electrons. The Kier molecular flexibility index (Phi) is 5.33. The fraction of sp³-hybridized carbons (Fsp3) is 0.417. The van der Waals surface area contributed by atoms with Crippen molar-refractivity contribution >= 4 is 11.8 Å². The zero-order valence-electron chi connectivity index (χ0n) is 9.70. The molecule has 1 N–H and O–H groups in total. The van der Waals surface area contributed by atoms with Gasteiger partial charge in [-0.3, -0.25) is 0 Å². The van der Waals surface area contributed by atoms with Crippen LogP contribution in [-0.4, -0.2) is 32.3 Å². The van der Waals surface area contributed by atoms with Crippen molar-refractivity contribution in [2.45, 2.75) is 6.92 Å². The number of nitrogens with zero attached hydrogens (tertiary/aromatic N) is 1. The van der Waals surface area contributed by atoms with Gasteiger partial charge in [-0.2, -0.15) is 9.59 Å². The Balaban J connectivity index is 0.000000437. The Bertz CT molecular complexity index is 397. The van der Waals surface area contributed by atoms with Gasteiger partial charge in [0.25, 0.3) is 0 Å². The number of piperazine rings is 1. The van der Waals surface area contributed by atoms with Gasteiger partial charge in [0.1, 0.15) is 5.82 Å². The molecule has 0 saturated carbocycles. The topological polar surface area (TPSA) is 49.4 Å². The molecule has 92 valence electrons.